The Morgan fingerprint density at radius 3 is 2.74 bits per heavy atom. The number of amides is 1. The van der Waals surface area contributed by atoms with E-state index in [-0.39, 0.29) is 24.0 Å². The van der Waals surface area contributed by atoms with Crippen LogP contribution in [0.5, 0.6) is 11.5 Å². The van der Waals surface area contributed by atoms with Crippen molar-refractivity contribution < 1.29 is 19.4 Å². The van der Waals surface area contributed by atoms with Crippen molar-refractivity contribution in [3.63, 3.8) is 0 Å². The molecule has 0 bridgehead atoms. The van der Waals surface area contributed by atoms with Gasteiger partial charge in [0.2, 0.25) is 5.91 Å². The van der Waals surface area contributed by atoms with Crippen molar-refractivity contribution in [3.05, 3.63) is 59.2 Å². The Kier molecular flexibility index (Phi) is 5.03. The second kappa shape index (κ2) is 7.61. The van der Waals surface area contributed by atoms with Crippen LogP contribution < -0.4 is 14.8 Å². The standard InChI is InChI=1S/C22H25NO4/c1-26-19-5-2-14(3-6-19)10-21(25)23-22(17-12-18(24)13-17)16-4-7-20-15(11-16)8-9-27-20/h2-7,11,17-18,22,24H,8-10,12-13H2,1H3,(H,23,25)/t17?,18?,22-/m0/s1. The molecule has 1 fully saturated rings. The van der Waals surface area contributed by atoms with Gasteiger partial charge in [0.15, 0.2) is 0 Å². The van der Waals surface area contributed by atoms with E-state index in [1.165, 1.54) is 5.56 Å². The smallest absolute Gasteiger partial charge is 0.224 e. The third-order valence-corrected chi connectivity index (χ3v) is 5.53. The summed E-state index contributed by atoms with van der Waals surface area (Å²) in [5.74, 6) is 1.97. The highest BCUT2D eigenvalue weighted by Crippen LogP contribution is 2.39. The van der Waals surface area contributed by atoms with Gasteiger partial charge in [0.1, 0.15) is 11.5 Å². The molecule has 1 heterocycles. The minimum absolute atomic E-state index is 0.0108. The molecule has 142 valence electrons. The highest BCUT2D eigenvalue weighted by molar-refractivity contribution is 5.79. The Balaban J connectivity index is 1.48. The molecule has 0 spiro atoms. The SMILES string of the molecule is COc1ccc(CC(=O)N[C@@H](c2ccc3c(c2)CCO3)C2CC(O)C2)cc1. The van der Waals surface area contributed by atoms with Crippen LogP contribution in [-0.2, 0) is 17.6 Å². The summed E-state index contributed by atoms with van der Waals surface area (Å²) >= 11 is 0. The van der Waals surface area contributed by atoms with E-state index < -0.39 is 0 Å². The molecular formula is C22H25NO4. The van der Waals surface area contributed by atoms with E-state index in [4.69, 9.17) is 9.47 Å². The zero-order valence-corrected chi connectivity index (χ0v) is 15.5. The van der Waals surface area contributed by atoms with Gasteiger partial charge >= 0.3 is 0 Å². The maximum Gasteiger partial charge on any atom is 0.224 e. The maximum absolute atomic E-state index is 12.7. The topological polar surface area (TPSA) is 67.8 Å². The molecule has 1 atom stereocenters. The Labute approximate surface area is 159 Å². The lowest BCUT2D eigenvalue weighted by atomic mass is 9.74. The summed E-state index contributed by atoms with van der Waals surface area (Å²) in [4.78, 5) is 12.7. The molecule has 27 heavy (non-hydrogen) atoms. The molecule has 2 aromatic carbocycles. The lowest BCUT2D eigenvalue weighted by Crippen LogP contribution is -2.41. The first-order chi connectivity index (χ1) is 13.1. The van der Waals surface area contributed by atoms with Gasteiger partial charge in [-0.25, -0.2) is 0 Å². The van der Waals surface area contributed by atoms with Gasteiger partial charge < -0.3 is 19.9 Å². The number of hydrogen-bond acceptors (Lipinski definition) is 4. The molecule has 5 heteroatoms. The fourth-order valence-electron chi connectivity index (χ4n) is 3.93. The molecule has 1 amide bonds. The predicted molar refractivity (Wildman–Crippen MR) is 102 cm³/mol. The number of carbonyl (C=O) groups is 1. The number of nitrogens with one attached hydrogen (secondary N) is 1. The number of ether oxygens (including phenoxy) is 2. The van der Waals surface area contributed by atoms with Crippen molar-refractivity contribution in [1.82, 2.24) is 5.32 Å². The number of fused-ring (bicyclic) bond motifs is 1. The summed E-state index contributed by atoms with van der Waals surface area (Å²) in [6.07, 6.45) is 2.42. The molecule has 1 saturated carbocycles. The van der Waals surface area contributed by atoms with Gasteiger partial charge in [0.25, 0.3) is 0 Å². The minimum atomic E-state index is -0.256. The van der Waals surface area contributed by atoms with Crippen LogP contribution in [0.4, 0.5) is 0 Å². The van der Waals surface area contributed by atoms with Crippen molar-refractivity contribution in [2.24, 2.45) is 5.92 Å². The molecule has 5 nitrogen and oxygen atoms in total. The number of rotatable bonds is 6. The van der Waals surface area contributed by atoms with E-state index in [1.54, 1.807) is 7.11 Å². The number of carbonyl (C=O) groups excluding carboxylic acids is 1. The minimum Gasteiger partial charge on any atom is -0.497 e. The number of benzene rings is 2. The molecule has 0 unspecified atom stereocenters. The summed E-state index contributed by atoms with van der Waals surface area (Å²) in [7, 11) is 1.63. The summed E-state index contributed by atoms with van der Waals surface area (Å²) in [5, 5.41) is 12.9. The van der Waals surface area contributed by atoms with Crippen LogP contribution in [-0.4, -0.2) is 30.8 Å². The average Bonchev–Trinajstić information content (AvgIpc) is 3.12. The van der Waals surface area contributed by atoms with Crippen molar-refractivity contribution in [2.45, 2.75) is 37.8 Å². The molecule has 4 rings (SSSR count). The summed E-state index contributed by atoms with van der Waals surface area (Å²) in [6, 6.07) is 13.6. The highest BCUT2D eigenvalue weighted by atomic mass is 16.5. The molecule has 0 saturated heterocycles. The molecule has 2 N–H and O–H groups in total. The highest BCUT2D eigenvalue weighted by Gasteiger charge is 2.36. The fourth-order valence-corrected chi connectivity index (χ4v) is 3.93. The van der Waals surface area contributed by atoms with Crippen LogP contribution in [0.2, 0.25) is 0 Å². The van der Waals surface area contributed by atoms with Crippen LogP contribution in [0.15, 0.2) is 42.5 Å². The average molecular weight is 367 g/mol. The van der Waals surface area contributed by atoms with Gasteiger partial charge in [-0.2, -0.15) is 0 Å². The van der Waals surface area contributed by atoms with E-state index in [1.807, 2.05) is 36.4 Å². The van der Waals surface area contributed by atoms with Gasteiger partial charge in [-0.05, 0) is 59.7 Å². The second-order valence-corrected chi connectivity index (χ2v) is 7.42. The lowest BCUT2D eigenvalue weighted by Gasteiger charge is -2.38. The first kappa shape index (κ1) is 17.9. The normalized spacial score (nSPS) is 21.6. The zero-order valence-electron chi connectivity index (χ0n) is 15.5. The Morgan fingerprint density at radius 1 is 1.26 bits per heavy atom. The van der Waals surface area contributed by atoms with E-state index >= 15 is 0 Å². The second-order valence-electron chi connectivity index (χ2n) is 7.42. The third-order valence-electron chi connectivity index (χ3n) is 5.53. The first-order valence-corrected chi connectivity index (χ1v) is 9.48. The molecule has 1 aliphatic heterocycles. The maximum atomic E-state index is 12.7. The van der Waals surface area contributed by atoms with Crippen molar-refractivity contribution in [2.75, 3.05) is 13.7 Å². The van der Waals surface area contributed by atoms with E-state index in [2.05, 4.69) is 11.4 Å². The number of methoxy groups -OCH3 is 1. The van der Waals surface area contributed by atoms with Crippen LogP contribution in [0, 0.1) is 5.92 Å². The molecule has 2 aliphatic rings. The van der Waals surface area contributed by atoms with Crippen molar-refractivity contribution in [1.29, 1.82) is 0 Å². The first-order valence-electron chi connectivity index (χ1n) is 9.48. The van der Waals surface area contributed by atoms with E-state index in [9.17, 15) is 9.90 Å². The predicted octanol–water partition coefficient (Wildman–Crippen LogP) is 2.80. The number of aliphatic hydroxyl groups is 1. The molecule has 0 aromatic heterocycles. The number of aliphatic hydroxyl groups excluding tert-OH is 1. The Hall–Kier alpha value is -2.53. The van der Waals surface area contributed by atoms with E-state index in [0.29, 0.717) is 6.42 Å². The summed E-state index contributed by atoms with van der Waals surface area (Å²) in [5.41, 5.74) is 3.24. The van der Waals surface area contributed by atoms with E-state index in [0.717, 1.165) is 48.5 Å². The van der Waals surface area contributed by atoms with Crippen LogP contribution in [0.3, 0.4) is 0 Å². The van der Waals surface area contributed by atoms with Crippen molar-refractivity contribution >= 4 is 5.91 Å². The van der Waals surface area contributed by atoms with Crippen molar-refractivity contribution in [3.8, 4) is 11.5 Å². The van der Waals surface area contributed by atoms with Gasteiger partial charge in [0, 0.05) is 6.42 Å². The van der Waals surface area contributed by atoms with Crippen LogP contribution >= 0.6 is 0 Å². The van der Waals surface area contributed by atoms with Gasteiger partial charge in [0.05, 0.1) is 32.3 Å². The quantitative estimate of drug-likeness (QED) is 0.824. The summed E-state index contributed by atoms with van der Waals surface area (Å²) < 4.78 is 10.8. The molecular weight excluding hydrogens is 342 g/mol. The number of hydrogen-bond donors (Lipinski definition) is 2. The third kappa shape index (κ3) is 3.93. The van der Waals surface area contributed by atoms with Gasteiger partial charge in [-0.3, -0.25) is 4.79 Å². The lowest BCUT2D eigenvalue weighted by molar-refractivity contribution is -0.122. The summed E-state index contributed by atoms with van der Waals surface area (Å²) in [6.45, 7) is 0.718. The van der Waals surface area contributed by atoms with Crippen LogP contribution in [0.1, 0.15) is 35.6 Å². The van der Waals surface area contributed by atoms with Gasteiger partial charge in [-0.1, -0.05) is 18.2 Å². The van der Waals surface area contributed by atoms with Gasteiger partial charge in [-0.15, -0.1) is 0 Å². The Morgan fingerprint density at radius 2 is 2.04 bits per heavy atom. The zero-order chi connectivity index (χ0) is 18.8. The van der Waals surface area contributed by atoms with Crippen LogP contribution in [0.25, 0.3) is 0 Å². The fraction of sp³-hybridized carbons (Fsp3) is 0.409. The monoisotopic (exact) mass is 367 g/mol. The molecule has 1 aliphatic carbocycles. The largest absolute Gasteiger partial charge is 0.497 e. The Bertz CT molecular complexity index is 812. The molecule has 2 aromatic rings. The molecule has 0 radical (unpaired) electrons.